The van der Waals surface area contributed by atoms with Crippen molar-refractivity contribution in [1.82, 2.24) is 10.2 Å². The number of amides is 1. The smallest absolute Gasteiger partial charge is 0.283 e. The number of hydrogen-bond donors (Lipinski definition) is 1. The maximum Gasteiger partial charge on any atom is 0.283 e. The normalized spacial score (nSPS) is 14.4. The fraction of sp³-hybridized carbons (Fsp3) is 0.211. The van der Waals surface area contributed by atoms with E-state index in [1.807, 2.05) is 0 Å². The predicted molar refractivity (Wildman–Crippen MR) is 112 cm³/mol. The number of carbonyl (C=O) groups is 1. The molecule has 1 saturated heterocycles. The van der Waals surface area contributed by atoms with Crippen molar-refractivity contribution in [3.05, 3.63) is 68.2 Å². The number of hydrogen-bond acceptors (Lipinski definition) is 5. The summed E-state index contributed by atoms with van der Waals surface area (Å²) in [6.07, 6.45) is 3.05. The molecule has 0 radical (unpaired) electrons. The van der Waals surface area contributed by atoms with Crippen LogP contribution in [0.3, 0.4) is 0 Å². The Morgan fingerprint density at radius 1 is 1.14 bits per heavy atom. The first-order chi connectivity index (χ1) is 13.4. The molecule has 146 valence electrons. The van der Waals surface area contributed by atoms with Gasteiger partial charge in [0, 0.05) is 48.2 Å². The van der Waals surface area contributed by atoms with Gasteiger partial charge in [-0.1, -0.05) is 41.0 Å². The molecule has 1 amide bonds. The number of nitro groups is 1. The van der Waals surface area contributed by atoms with Crippen LogP contribution in [0.1, 0.15) is 5.56 Å². The van der Waals surface area contributed by atoms with Gasteiger partial charge in [0.2, 0.25) is 5.91 Å². The fourth-order valence-electron chi connectivity index (χ4n) is 2.70. The molecule has 0 aliphatic carbocycles. The van der Waals surface area contributed by atoms with Gasteiger partial charge in [-0.2, -0.15) is 0 Å². The molecule has 0 atom stereocenters. The highest BCUT2D eigenvalue weighted by Gasteiger charge is 2.17. The summed E-state index contributed by atoms with van der Waals surface area (Å²) in [6, 6.07) is 9.84. The number of carbonyl (C=O) groups excluding carboxylic acids is 1. The van der Waals surface area contributed by atoms with Crippen molar-refractivity contribution in [3.8, 4) is 0 Å². The molecule has 1 heterocycles. The van der Waals surface area contributed by atoms with Crippen LogP contribution >= 0.6 is 35.0 Å². The largest absolute Gasteiger partial charge is 0.337 e. The Morgan fingerprint density at radius 2 is 1.86 bits per heavy atom. The van der Waals surface area contributed by atoms with Crippen LogP contribution in [0.4, 0.5) is 5.69 Å². The SMILES string of the molecule is O=C(/C=C/c1ccc(Sc2ccc(Cl)cc2Cl)c([N+](=O)[O-])c1)N1CCNCC1. The minimum atomic E-state index is -0.443. The maximum atomic E-state index is 12.2. The van der Waals surface area contributed by atoms with Crippen LogP contribution in [0.5, 0.6) is 0 Å². The van der Waals surface area contributed by atoms with Gasteiger partial charge >= 0.3 is 0 Å². The van der Waals surface area contributed by atoms with E-state index in [9.17, 15) is 14.9 Å². The molecule has 2 aromatic rings. The second kappa shape index (κ2) is 9.43. The van der Waals surface area contributed by atoms with Crippen molar-refractivity contribution in [2.24, 2.45) is 0 Å². The standard InChI is InChI=1S/C19H17Cl2N3O3S/c20-14-3-5-17(15(21)12-14)28-18-4-1-13(11-16(18)24(26)27)2-6-19(25)23-9-7-22-8-10-23/h1-6,11-12,22H,7-10H2/b6-2+. The van der Waals surface area contributed by atoms with E-state index in [2.05, 4.69) is 5.32 Å². The first kappa shape index (κ1) is 20.7. The van der Waals surface area contributed by atoms with Crippen molar-refractivity contribution in [2.75, 3.05) is 26.2 Å². The van der Waals surface area contributed by atoms with Crippen molar-refractivity contribution in [3.63, 3.8) is 0 Å². The van der Waals surface area contributed by atoms with Crippen LogP contribution in [0, 0.1) is 10.1 Å². The molecule has 1 fully saturated rings. The van der Waals surface area contributed by atoms with Gasteiger partial charge in [-0.3, -0.25) is 14.9 Å². The first-order valence-corrected chi connectivity index (χ1v) is 10.1. The second-order valence-electron chi connectivity index (χ2n) is 6.07. The summed E-state index contributed by atoms with van der Waals surface area (Å²) >= 11 is 13.3. The Morgan fingerprint density at radius 3 is 2.54 bits per heavy atom. The molecule has 0 spiro atoms. The van der Waals surface area contributed by atoms with E-state index in [1.165, 1.54) is 23.9 Å². The number of nitro benzene ring substituents is 1. The van der Waals surface area contributed by atoms with Crippen molar-refractivity contribution in [2.45, 2.75) is 9.79 Å². The molecular weight excluding hydrogens is 421 g/mol. The van der Waals surface area contributed by atoms with Crippen LogP contribution in [0.2, 0.25) is 10.0 Å². The fourth-order valence-corrected chi connectivity index (χ4v) is 4.13. The highest BCUT2D eigenvalue weighted by Crippen LogP contribution is 2.39. The van der Waals surface area contributed by atoms with Crippen molar-refractivity contribution in [1.29, 1.82) is 0 Å². The van der Waals surface area contributed by atoms with Crippen LogP contribution < -0.4 is 5.32 Å². The monoisotopic (exact) mass is 437 g/mol. The summed E-state index contributed by atoms with van der Waals surface area (Å²) in [6.45, 7) is 2.84. The molecule has 9 heteroatoms. The molecule has 2 aromatic carbocycles. The summed E-state index contributed by atoms with van der Waals surface area (Å²) in [4.78, 5) is 26.2. The maximum absolute atomic E-state index is 12.2. The Balaban J connectivity index is 1.79. The first-order valence-electron chi connectivity index (χ1n) is 8.53. The lowest BCUT2D eigenvalue weighted by Crippen LogP contribution is -2.45. The Kier molecular flexibility index (Phi) is 6.96. The molecule has 0 bridgehead atoms. The van der Waals surface area contributed by atoms with E-state index >= 15 is 0 Å². The van der Waals surface area contributed by atoms with Crippen LogP contribution in [-0.2, 0) is 4.79 Å². The van der Waals surface area contributed by atoms with Crippen molar-refractivity contribution >= 4 is 52.6 Å². The number of benzene rings is 2. The van der Waals surface area contributed by atoms with Crippen molar-refractivity contribution < 1.29 is 9.72 Å². The van der Waals surface area contributed by atoms with Crippen LogP contribution in [-0.4, -0.2) is 41.9 Å². The summed E-state index contributed by atoms with van der Waals surface area (Å²) in [5, 5.41) is 15.6. The Bertz CT molecular complexity index is 931. The van der Waals surface area contributed by atoms with E-state index in [4.69, 9.17) is 23.2 Å². The molecule has 1 N–H and O–H groups in total. The van der Waals surface area contributed by atoms with E-state index < -0.39 is 4.92 Å². The zero-order valence-corrected chi connectivity index (χ0v) is 17.1. The van der Waals surface area contributed by atoms with Gasteiger partial charge in [0.25, 0.3) is 5.69 Å². The number of piperazine rings is 1. The molecule has 3 rings (SSSR count). The topological polar surface area (TPSA) is 75.5 Å². The van der Waals surface area contributed by atoms with Gasteiger partial charge in [0.1, 0.15) is 0 Å². The van der Waals surface area contributed by atoms with Gasteiger partial charge in [-0.25, -0.2) is 0 Å². The lowest BCUT2D eigenvalue weighted by molar-refractivity contribution is -0.387. The lowest BCUT2D eigenvalue weighted by atomic mass is 10.2. The quantitative estimate of drug-likeness (QED) is 0.423. The van der Waals surface area contributed by atoms with E-state index in [0.717, 1.165) is 13.1 Å². The Hall–Kier alpha value is -2.06. The average Bonchev–Trinajstić information content (AvgIpc) is 2.69. The molecular formula is C19H17Cl2N3O3S. The summed E-state index contributed by atoms with van der Waals surface area (Å²) in [7, 11) is 0. The molecule has 0 saturated carbocycles. The third-order valence-electron chi connectivity index (χ3n) is 4.14. The highest BCUT2D eigenvalue weighted by molar-refractivity contribution is 7.99. The molecule has 1 aliphatic rings. The number of halogens is 2. The molecule has 28 heavy (non-hydrogen) atoms. The average molecular weight is 438 g/mol. The zero-order valence-electron chi connectivity index (χ0n) is 14.7. The second-order valence-corrected chi connectivity index (χ2v) is 8.00. The number of nitrogens with zero attached hydrogens (tertiary/aromatic N) is 2. The summed E-state index contributed by atoms with van der Waals surface area (Å²) < 4.78 is 0. The third kappa shape index (κ3) is 5.26. The minimum absolute atomic E-state index is 0.0483. The van der Waals surface area contributed by atoms with Crippen LogP contribution in [0.15, 0.2) is 52.3 Å². The number of rotatable bonds is 5. The number of nitrogens with one attached hydrogen (secondary N) is 1. The van der Waals surface area contributed by atoms with Gasteiger partial charge < -0.3 is 10.2 Å². The molecule has 0 unspecified atom stereocenters. The van der Waals surface area contributed by atoms with Gasteiger partial charge in [-0.15, -0.1) is 0 Å². The van der Waals surface area contributed by atoms with E-state index in [0.29, 0.717) is 38.5 Å². The lowest BCUT2D eigenvalue weighted by Gasteiger charge is -2.26. The van der Waals surface area contributed by atoms with Gasteiger partial charge in [-0.05, 0) is 35.9 Å². The van der Waals surface area contributed by atoms with E-state index in [-0.39, 0.29) is 11.6 Å². The molecule has 1 aliphatic heterocycles. The van der Waals surface area contributed by atoms with Gasteiger partial charge in [0.15, 0.2) is 0 Å². The van der Waals surface area contributed by atoms with E-state index in [1.54, 1.807) is 41.3 Å². The highest BCUT2D eigenvalue weighted by atomic mass is 35.5. The summed E-state index contributed by atoms with van der Waals surface area (Å²) in [5.74, 6) is -0.101. The minimum Gasteiger partial charge on any atom is -0.337 e. The summed E-state index contributed by atoms with van der Waals surface area (Å²) in [5.41, 5.74) is 0.537. The zero-order chi connectivity index (χ0) is 20.1. The molecule has 0 aromatic heterocycles. The Labute approximate surface area is 176 Å². The third-order valence-corrected chi connectivity index (χ3v) is 5.94. The molecule has 6 nitrogen and oxygen atoms in total. The van der Waals surface area contributed by atoms with Crippen LogP contribution in [0.25, 0.3) is 6.08 Å². The van der Waals surface area contributed by atoms with Gasteiger partial charge in [0.05, 0.1) is 14.8 Å². The predicted octanol–water partition coefficient (Wildman–Crippen LogP) is 4.50.